The molecule has 0 radical (unpaired) electrons. The fourth-order valence-corrected chi connectivity index (χ4v) is 2.05. The summed E-state index contributed by atoms with van der Waals surface area (Å²) in [5.74, 6) is -0.420. The molecular weight excluding hydrogens is 324 g/mol. The summed E-state index contributed by atoms with van der Waals surface area (Å²) in [4.78, 5) is 34.8. The van der Waals surface area contributed by atoms with Crippen LogP contribution in [-0.4, -0.2) is 31.4 Å². The SMILES string of the molecule is CCC(=O)c1ccc(OCC(=O)Oc2cccc(C(=O)OC)c2)cc1. The molecule has 0 bridgehead atoms. The van der Waals surface area contributed by atoms with E-state index >= 15 is 0 Å². The number of ether oxygens (including phenoxy) is 3. The maximum atomic E-state index is 11.8. The van der Waals surface area contributed by atoms with Crippen molar-refractivity contribution in [3.05, 3.63) is 59.7 Å². The monoisotopic (exact) mass is 342 g/mol. The number of methoxy groups -OCH3 is 1. The Morgan fingerprint density at radius 1 is 0.920 bits per heavy atom. The van der Waals surface area contributed by atoms with Crippen LogP contribution in [0.5, 0.6) is 11.5 Å². The zero-order valence-corrected chi connectivity index (χ0v) is 14.0. The van der Waals surface area contributed by atoms with E-state index in [2.05, 4.69) is 4.74 Å². The van der Waals surface area contributed by atoms with Gasteiger partial charge in [0.25, 0.3) is 0 Å². The van der Waals surface area contributed by atoms with Crippen molar-refractivity contribution in [2.45, 2.75) is 13.3 Å². The Kier molecular flexibility index (Phi) is 6.28. The number of rotatable bonds is 7. The smallest absolute Gasteiger partial charge is 0.349 e. The average Bonchev–Trinajstić information content (AvgIpc) is 2.65. The molecule has 0 saturated heterocycles. The van der Waals surface area contributed by atoms with Gasteiger partial charge in [0.1, 0.15) is 11.5 Å². The number of hydrogen-bond donors (Lipinski definition) is 0. The molecule has 2 aromatic carbocycles. The van der Waals surface area contributed by atoms with E-state index in [0.29, 0.717) is 17.7 Å². The highest BCUT2D eigenvalue weighted by atomic mass is 16.6. The van der Waals surface area contributed by atoms with E-state index in [-0.39, 0.29) is 23.7 Å². The lowest BCUT2D eigenvalue weighted by Crippen LogP contribution is -2.18. The van der Waals surface area contributed by atoms with Gasteiger partial charge in [0.15, 0.2) is 12.4 Å². The quantitative estimate of drug-likeness (QED) is 0.437. The van der Waals surface area contributed by atoms with Crippen LogP contribution >= 0.6 is 0 Å². The maximum Gasteiger partial charge on any atom is 0.349 e. The maximum absolute atomic E-state index is 11.8. The van der Waals surface area contributed by atoms with Crippen molar-refractivity contribution in [1.29, 1.82) is 0 Å². The van der Waals surface area contributed by atoms with Gasteiger partial charge < -0.3 is 14.2 Å². The minimum absolute atomic E-state index is 0.0384. The molecule has 25 heavy (non-hydrogen) atoms. The molecular formula is C19H18O6. The molecule has 6 heteroatoms. The molecule has 2 rings (SSSR count). The van der Waals surface area contributed by atoms with Gasteiger partial charge in [-0.3, -0.25) is 4.79 Å². The van der Waals surface area contributed by atoms with E-state index in [1.165, 1.54) is 13.2 Å². The van der Waals surface area contributed by atoms with Crippen LogP contribution in [0.25, 0.3) is 0 Å². The fourth-order valence-electron chi connectivity index (χ4n) is 2.05. The minimum atomic E-state index is -0.615. The van der Waals surface area contributed by atoms with Crippen LogP contribution in [0, 0.1) is 0 Å². The lowest BCUT2D eigenvalue weighted by Gasteiger charge is -2.08. The van der Waals surface area contributed by atoms with Crippen molar-refractivity contribution < 1.29 is 28.6 Å². The van der Waals surface area contributed by atoms with E-state index in [0.717, 1.165) is 0 Å². The highest BCUT2D eigenvalue weighted by molar-refractivity contribution is 5.95. The molecule has 0 N–H and O–H groups in total. The van der Waals surface area contributed by atoms with Gasteiger partial charge in [0.05, 0.1) is 12.7 Å². The molecule has 0 aliphatic carbocycles. The van der Waals surface area contributed by atoms with Crippen molar-refractivity contribution in [3.63, 3.8) is 0 Å². The Morgan fingerprint density at radius 3 is 2.28 bits per heavy atom. The van der Waals surface area contributed by atoms with E-state index in [1.807, 2.05) is 0 Å². The zero-order chi connectivity index (χ0) is 18.2. The van der Waals surface area contributed by atoms with E-state index in [4.69, 9.17) is 9.47 Å². The van der Waals surface area contributed by atoms with Gasteiger partial charge in [-0.2, -0.15) is 0 Å². The average molecular weight is 342 g/mol. The van der Waals surface area contributed by atoms with Crippen molar-refractivity contribution in [3.8, 4) is 11.5 Å². The fraction of sp³-hybridized carbons (Fsp3) is 0.211. The Hall–Kier alpha value is -3.15. The van der Waals surface area contributed by atoms with Crippen molar-refractivity contribution >= 4 is 17.7 Å². The molecule has 0 saturated carbocycles. The number of ketones is 1. The van der Waals surface area contributed by atoms with Crippen LogP contribution in [0.3, 0.4) is 0 Å². The van der Waals surface area contributed by atoms with Crippen molar-refractivity contribution in [2.75, 3.05) is 13.7 Å². The molecule has 0 aliphatic rings. The van der Waals surface area contributed by atoms with Crippen LogP contribution in [0.4, 0.5) is 0 Å². The van der Waals surface area contributed by atoms with Gasteiger partial charge in [0, 0.05) is 12.0 Å². The highest BCUT2D eigenvalue weighted by Crippen LogP contribution is 2.16. The summed E-state index contributed by atoms with van der Waals surface area (Å²) in [5.41, 5.74) is 0.877. The third kappa shape index (κ3) is 5.17. The predicted molar refractivity (Wildman–Crippen MR) is 90.0 cm³/mol. The summed E-state index contributed by atoms with van der Waals surface area (Å²) in [6.07, 6.45) is 0.428. The van der Waals surface area contributed by atoms with Crippen LogP contribution in [0.15, 0.2) is 48.5 Å². The molecule has 130 valence electrons. The number of hydrogen-bond acceptors (Lipinski definition) is 6. The van der Waals surface area contributed by atoms with Crippen LogP contribution in [0.1, 0.15) is 34.1 Å². The number of Topliss-reactive ketones (excluding diaryl/α,β-unsaturated/α-hetero) is 1. The zero-order valence-electron chi connectivity index (χ0n) is 14.0. The van der Waals surface area contributed by atoms with Crippen LogP contribution < -0.4 is 9.47 Å². The van der Waals surface area contributed by atoms with Gasteiger partial charge >= 0.3 is 11.9 Å². The largest absolute Gasteiger partial charge is 0.482 e. The van der Waals surface area contributed by atoms with Crippen molar-refractivity contribution in [1.82, 2.24) is 0 Å². The first-order chi connectivity index (χ1) is 12.0. The van der Waals surface area contributed by atoms with Gasteiger partial charge in [-0.25, -0.2) is 9.59 Å². The second kappa shape index (κ2) is 8.63. The van der Waals surface area contributed by atoms with Gasteiger partial charge in [-0.05, 0) is 42.5 Å². The summed E-state index contributed by atoms with van der Waals surface area (Å²) in [6.45, 7) is 1.49. The molecule has 0 aromatic heterocycles. The highest BCUT2D eigenvalue weighted by Gasteiger charge is 2.10. The third-order valence-corrected chi connectivity index (χ3v) is 3.34. The summed E-state index contributed by atoms with van der Waals surface area (Å²) in [6, 6.07) is 12.6. The summed E-state index contributed by atoms with van der Waals surface area (Å²) in [5, 5.41) is 0. The third-order valence-electron chi connectivity index (χ3n) is 3.34. The summed E-state index contributed by atoms with van der Waals surface area (Å²) >= 11 is 0. The van der Waals surface area contributed by atoms with E-state index < -0.39 is 11.9 Å². The number of carbonyl (C=O) groups excluding carboxylic acids is 3. The molecule has 0 fully saturated rings. The molecule has 0 spiro atoms. The summed E-state index contributed by atoms with van der Waals surface area (Å²) < 4.78 is 15.1. The van der Waals surface area contributed by atoms with E-state index in [1.54, 1.807) is 49.4 Å². The Labute approximate surface area is 145 Å². The van der Waals surface area contributed by atoms with Crippen LogP contribution in [0.2, 0.25) is 0 Å². The lowest BCUT2D eigenvalue weighted by atomic mass is 10.1. The Bertz CT molecular complexity index is 764. The normalized spacial score (nSPS) is 10.0. The van der Waals surface area contributed by atoms with E-state index in [9.17, 15) is 14.4 Å². The second-order valence-electron chi connectivity index (χ2n) is 5.08. The van der Waals surface area contributed by atoms with Gasteiger partial charge in [-0.15, -0.1) is 0 Å². The minimum Gasteiger partial charge on any atom is -0.482 e. The predicted octanol–water partition coefficient (Wildman–Crippen LogP) is 3.05. The molecule has 0 heterocycles. The van der Waals surface area contributed by atoms with Crippen LogP contribution in [-0.2, 0) is 9.53 Å². The molecule has 0 amide bonds. The number of benzene rings is 2. The first-order valence-electron chi connectivity index (χ1n) is 7.68. The van der Waals surface area contributed by atoms with Crippen molar-refractivity contribution in [2.24, 2.45) is 0 Å². The summed E-state index contributed by atoms with van der Waals surface area (Å²) in [7, 11) is 1.27. The van der Waals surface area contributed by atoms with Gasteiger partial charge in [0.2, 0.25) is 0 Å². The Morgan fingerprint density at radius 2 is 1.64 bits per heavy atom. The first-order valence-corrected chi connectivity index (χ1v) is 7.68. The molecule has 2 aromatic rings. The molecule has 6 nitrogen and oxygen atoms in total. The molecule has 0 atom stereocenters. The Balaban J connectivity index is 1.90. The molecule has 0 aliphatic heterocycles. The lowest BCUT2D eigenvalue weighted by molar-refractivity contribution is -0.136. The van der Waals surface area contributed by atoms with Gasteiger partial charge in [-0.1, -0.05) is 13.0 Å². The molecule has 0 unspecified atom stereocenters. The first kappa shape index (κ1) is 18.2. The number of carbonyl (C=O) groups is 3. The standard InChI is InChI=1S/C19H18O6/c1-3-17(20)13-7-9-15(10-8-13)24-12-18(21)25-16-6-4-5-14(11-16)19(22)23-2/h4-11H,3,12H2,1-2H3. The second-order valence-corrected chi connectivity index (χ2v) is 5.08. The number of esters is 2. The topological polar surface area (TPSA) is 78.9 Å².